The van der Waals surface area contributed by atoms with E-state index in [1.54, 1.807) is 0 Å². The summed E-state index contributed by atoms with van der Waals surface area (Å²) in [5, 5.41) is 13.9. The summed E-state index contributed by atoms with van der Waals surface area (Å²) in [5.41, 5.74) is 5.53. The van der Waals surface area contributed by atoms with Gasteiger partial charge in [0.15, 0.2) is 0 Å². The van der Waals surface area contributed by atoms with Crippen molar-refractivity contribution in [1.29, 1.82) is 0 Å². The Morgan fingerprint density at radius 3 is 2.81 bits per heavy atom. The predicted octanol–water partition coefficient (Wildman–Crippen LogP) is 4.08. The summed E-state index contributed by atoms with van der Waals surface area (Å²) in [4.78, 5) is 15.8. The summed E-state index contributed by atoms with van der Waals surface area (Å²) in [6.07, 6.45) is 8.05. The molecular formula is C25H25N5O. The summed E-state index contributed by atoms with van der Waals surface area (Å²) in [5.74, 6) is 0.125. The quantitative estimate of drug-likeness (QED) is 0.540. The molecule has 1 spiro atoms. The molecule has 2 aliphatic rings. The molecule has 4 aromatic rings. The molecule has 31 heavy (non-hydrogen) atoms. The number of carbonyl (C=O) groups excluding carboxylic acids is 1. The standard InChI is InChI=1S/C25H25N5O/c1-29-22(10-13-27-29)20-7-8-21(19-6-3-2-5-18(19)20)24(31)30-14-4-11-25(16-30)12-9-17-15-26-28-23(17)25/h2-3,5-8,10,13,15H,4,9,11-12,14,16H2,1H3,(H,26,28). The Balaban J connectivity index is 1.39. The van der Waals surface area contributed by atoms with Gasteiger partial charge < -0.3 is 4.90 Å². The number of likely N-dealkylation sites (tertiary alicyclic amines) is 1. The minimum absolute atomic E-state index is 0.0319. The third-order valence-corrected chi connectivity index (χ3v) is 7.24. The molecule has 1 aliphatic heterocycles. The lowest BCUT2D eigenvalue weighted by atomic mass is 9.77. The van der Waals surface area contributed by atoms with Crippen molar-refractivity contribution in [1.82, 2.24) is 24.9 Å². The van der Waals surface area contributed by atoms with E-state index in [0.29, 0.717) is 0 Å². The van der Waals surface area contributed by atoms with E-state index in [0.717, 1.165) is 66.4 Å². The normalized spacial score (nSPS) is 20.5. The van der Waals surface area contributed by atoms with Crippen LogP contribution < -0.4 is 0 Å². The molecular weight excluding hydrogens is 386 g/mol. The minimum atomic E-state index is 0.0319. The summed E-state index contributed by atoms with van der Waals surface area (Å²) < 4.78 is 1.87. The molecule has 1 atom stereocenters. The topological polar surface area (TPSA) is 66.8 Å². The van der Waals surface area contributed by atoms with Crippen LogP contribution in [0.5, 0.6) is 0 Å². The number of nitrogens with one attached hydrogen (secondary N) is 1. The van der Waals surface area contributed by atoms with E-state index in [1.807, 2.05) is 48.4 Å². The van der Waals surface area contributed by atoms with Crippen molar-refractivity contribution in [3.8, 4) is 11.3 Å². The number of hydrogen-bond acceptors (Lipinski definition) is 3. The minimum Gasteiger partial charge on any atom is -0.338 e. The van der Waals surface area contributed by atoms with E-state index in [9.17, 15) is 4.79 Å². The van der Waals surface area contributed by atoms with Crippen molar-refractivity contribution in [3.05, 3.63) is 71.7 Å². The fraction of sp³-hybridized carbons (Fsp3) is 0.320. The van der Waals surface area contributed by atoms with Crippen LogP contribution in [0.4, 0.5) is 0 Å². The molecule has 1 unspecified atom stereocenters. The van der Waals surface area contributed by atoms with Gasteiger partial charge in [0.1, 0.15) is 0 Å². The van der Waals surface area contributed by atoms with Crippen molar-refractivity contribution < 1.29 is 4.79 Å². The van der Waals surface area contributed by atoms with E-state index in [2.05, 4.69) is 38.4 Å². The zero-order valence-electron chi connectivity index (χ0n) is 17.6. The Morgan fingerprint density at radius 2 is 1.97 bits per heavy atom. The Kier molecular flexibility index (Phi) is 4.03. The Hall–Kier alpha value is -3.41. The number of rotatable bonds is 2. The van der Waals surface area contributed by atoms with Crippen LogP contribution in [0.3, 0.4) is 0 Å². The highest BCUT2D eigenvalue weighted by Crippen LogP contribution is 2.44. The zero-order chi connectivity index (χ0) is 21.0. The van der Waals surface area contributed by atoms with E-state index >= 15 is 0 Å². The predicted molar refractivity (Wildman–Crippen MR) is 120 cm³/mol. The molecule has 2 aromatic heterocycles. The van der Waals surface area contributed by atoms with Crippen molar-refractivity contribution in [2.45, 2.75) is 31.1 Å². The number of H-pyrrole nitrogens is 1. The smallest absolute Gasteiger partial charge is 0.254 e. The van der Waals surface area contributed by atoms with Gasteiger partial charge in [-0.2, -0.15) is 10.2 Å². The molecule has 1 fully saturated rings. The number of nitrogens with zero attached hydrogens (tertiary/aromatic N) is 4. The second-order valence-corrected chi connectivity index (χ2v) is 8.93. The van der Waals surface area contributed by atoms with Crippen molar-refractivity contribution in [3.63, 3.8) is 0 Å². The SMILES string of the molecule is Cn1nccc1-c1ccc(C(=O)N2CCCC3(CCc4cn[nH]c43)C2)c2ccccc12. The first-order valence-electron chi connectivity index (χ1n) is 11.0. The van der Waals surface area contributed by atoms with Crippen LogP contribution in [-0.4, -0.2) is 43.9 Å². The van der Waals surface area contributed by atoms with E-state index in [-0.39, 0.29) is 11.3 Å². The van der Waals surface area contributed by atoms with Crippen molar-refractivity contribution in [2.24, 2.45) is 7.05 Å². The van der Waals surface area contributed by atoms with Gasteiger partial charge in [0.25, 0.3) is 5.91 Å². The number of aryl methyl sites for hydroxylation is 2. The highest BCUT2D eigenvalue weighted by atomic mass is 16.2. The monoisotopic (exact) mass is 411 g/mol. The number of amides is 1. The number of fused-ring (bicyclic) bond motifs is 3. The summed E-state index contributed by atoms with van der Waals surface area (Å²) in [7, 11) is 1.95. The van der Waals surface area contributed by atoms with Crippen LogP contribution in [0.25, 0.3) is 22.0 Å². The summed E-state index contributed by atoms with van der Waals surface area (Å²) in [6.45, 7) is 1.57. The van der Waals surface area contributed by atoms with Crippen molar-refractivity contribution in [2.75, 3.05) is 13.1 Å². The molecule has 6 rings (SSSR count). The van der Waals surface area contributed by atoms with E-state index < -0.39 is 0 Å². The fourth-order valence-corrected chi connectivity index (χ4v) is 5.69. The molecule has 156 valence electrons. The Morgan fingerprint density at radius 1 is 1.10 bits per heavy atom. The maximum Gasteiger partial charge on any atom is 0.254 e. The third-order valence-electron chi connectivity index (χ3n) is 7.24. The largest absolute Gasteiger partial charge is 0.338 e. The molecule has 6 nitrogen and oxygen atoms in total. The highest BCUT2D eigenvalue weighted by molar-refractivity contribution is 6.10. The van der Waals surface area contributed by atoms with E-state index in [4.69, 9.17) is 0 Å². The maximum atomic E-state index is 13.8. The van der Waals surface area contributed by atoms with Gasteiger partial charge in [-0.15, -0.1) is 0 Å². The lowest BCUT2D eigenvalue weighted by Gasteiger charge is -2.40. The van der Waals surface area contributed by atoms with Crippen LogP contribution in [-0.2, 0) is 18.9 Å². The molecule has 1 N–H and O–H groups in total. The van der Waals surface area contributed by atoms with Crippen LogP contribution in [0, 0.1) is 0 Å². The van der Waals surface area contributed by atoms with Gasteiger partial charge in [-0.3, -0.25) is 14.6 Å². The average molecular weight is 412 g/mol. The summed E-state index contributed by atoms with van der Waals surface area (Å²) in [6, 6.07) is 14.3. The number of hydrogen-bond donors (Lipinski definition) is 1. The third kappa shape index (κ3) is 2.74. The first kappa shape index (κ1) is 18.4. The van der Waals surface area contributed by atoms with Gasteiger partial charge in [-0.25, -0.2) is 0 Å². The van der Waals surface area contributed by atoms with Crippen molar-refractivity contribution >= 4 is 16.7 Å². The van der Waals surface area contributed by atoms with Gasteiger partial charge in [0, 0.05) is 48.6 Å². The van der Waals surface area contributed by atoms with E-state index in [1.165, 1.54) is 11.3 Å². The van der Waals surface area contributed by atoms with Crippen LogP contribution >= 0.6 is 0 Å². The van der Waals surface area contributed by atoms with Crippen LogP contribution in [0.15, 0.2) is 54.9 Å². The molecule has 6 heteroatoms. The first-order valence-corrected chi connectivity index (χ1v) is 11.0. The first-order chi connectivity index (χ1) is 15.2. The average Bonchev–Trinajstić information content (AvgIpc) is 3.52. The molecule has 1 saturated heterocycles. The zero-order valence-corrected chi connectivity index (χ0v) is 17.6. The molecule has 1 amide bonds. The molecule has 0 bridgehead atoms. The number of carbonyl (C=O) groups is 1. The molecule has 3 heterocycles. The number of piperidine rings is 1. The second-order valence-electron chi connectivity index (χ2n) is 8.93. The maximum absolute atomic E-state index is 13.8. The molecule has 1 aliphatic carbocycles. The fourth-order valence-electron chi connectivity index (χ4n) is 5.69. The number of aromatic amines is 1. The molecule has 0 radical (unpaired) electrons. The summed E-state index contributed by atoms with van der Waals surface area (Å²) >= 11 is 0. The highest BCUT2D eigenvalue weighted by Gasteiger charge is 2.44. The Bertz CT molecular complexity index is 1300. The lowest BCUT2D eigenvalue weighted by Crippen LogP contribution is -2.47. The van der Waals surface area contributed by atoms with Gasteiger partial charge in [0.2, 0.25) is 0 Å². The molecule has 0 saturated carbocycles. The number of benzene rings is 2. The van der Waals surface area contributed by atoms with Crippen LogP contribution in [0.2, 0.25) is 0 Å². The second kappa shape index (κ2) is 6.80. The van der Waals surface area contributed by atoms with Gasteiger partial charge >= 0.3 is 0 Å². The molecule has 2 aromatic carbocycles. The van der Waals surface area contributed by atoms with Gasteiger partial charge in [0.05, 0.1) is 11.9 Å². The Labute approximate surface area is 180 Å². The number of aromatic nitrogens is 4. The van der Waals surface area contributed by atoms with Gasteiger partial charge in [-0.05, 0) is 54.2 Å². The van der Waals surface area contributed by atoms with Gasteiger partial charge in [-0.1, -0.05) is 30.3 Å². The lowest BCUT2D eigenvalue weighted by molar-refractivity contribution is 0.0635. The van der Waals surface area contributed by atoms with Crippen LogP contribution in [0.1, 0.15) is 40.9 Å².